The Balaban J connectivity index is 3.09. The van der Waals surface area contributed by atoms with Crippen LogP contribution in [0.4, 0.5) is 8.78 Å². The van der Waals surface area contributed by atoms with Gasteiger partial charge in [0.2, 0.25) is 0 Å². The molecule has 1 aromatic rings. The van der Waals surface area contributed by atoms with Crippen molar-refractivity contribution in [3.05, 3.63) is 29.3 Å². The van der Waals surface area contributed by atoms with Crippen molar-refractivity contribution >= 4 is 5.97 Å². The molecule has 5 nitrogen and oxygen atoms in total. The second-order valence-corrected chi connectivity index (χ2v) is 3.65. The number of aliphatic hydroxyl groups is 1. The molecule has 102 valence electrons. The lowest BCUT2D eigenvalue weighted by Crippen LogP contribution is -2.14. The molecule has 0 amide bonds. The quantitative estimate of drug-likeness (QED) is 0.824. The summed E-state index contributed by atoms with van der Waals surface area (Å²) in [5.41, 5.74) is 0.284. The Hall–Kier alpha value is -2.20. The van der Waals surface area contributed by atoms with E-state index >= 15 is 0 Å². The fraction of sp³-hybridized carbons (Fsp3) is 0.333. The molecule has 0 fully saturated rings. The molecule has 0 heterocycles. The molecule has 0 bridgehead atoms. The monoisotopic (exact) mass is 271 g/mol. The van der Waals surface area contributed by atoms with Crippen molar-refractivity contribution in [2.24, 2.45) is 0 Å². The van der Waals surface area contributed by atoms with Crippen molar-refractivity contribution in [3.8, 4) is 11.8 Å². The SMILES string of the molecule is N#CCCc1ccc(C(O)C(=O)O)c(OC(F)F)c1. The number of carboxylic acids is 1. The average Bonchev–Trinajstić information content (AvgIpc) is 2.35. The smallest absolute Gasteiger partial charge is 0.387 e. The molecule has 0 aromatic heterocycles. The molecule has 0 saturated heterocycles. The minimum atomic E-state index is -3.13. The number of carbonyl (C=O) groups is 1. The Kier molecular flexibility index (Phi) is 5.21. The van der Waals surface area contributed by atoms with Crippen LogP contribution in [0.3, 0.4) is 0 Å². The molecule has 1 rings (SSSR count). The predicted octanol–water partition coefficient (Wildman–Crippen LogP) is 1.86. The van der Waals surface area contributed by atoms with Crippen molar-refractivity contribution in [2.75, 3.05) is 0 Å². The second kappa shape index (κ2) is 6.66. The van der Waals surface area contributed by atoms with Gasteiger partial charge in [0, 0.05) is 12.0 Å². The normalized spacial score (nSPS) is 11.9. The van der Waals surface area contributed by atoms with E-state index in [9.17, 15) is 18.7 Å². The Morgan fingerprint density at radius 1 is 1.47 bits per heavy atom. The van der Waals surface area contributed by atoms with Crippen LogP contribution in [0.25, 0.3) is 0 Å². The first kappa shape index (κ1) is 14.9. The summed E-state index contributed by atoms with van der Waals surface area (Å²) in [7, 11) is 0. The van der Waals surface area contributed by atoms with Crippen LogP contribution in [0, 0.1) is 11.3 Å². The van der Waals surface area contributed by atoms with Gasteiger partial charge in [0.1, 0.15) is 5.75 Å². The van der Waals surface area contributed by atoms with Crippen molar-refractivity contribution in [1.29, 1.82) is 5.26 Å². The van der Waals surface area contributed by atoms with E-state index in [0.717, 1.165) is 0 Å². The van der Waals surface area contributed by atoms with Gasteiger partial charge in [0.25, 0.3) is 0 Å². The van der Waals surface area contributed by atoms with Gasteiger partial charge in [0.05, 0.1) is 6.07 Å². The molecule has 19 heavy (non-hydrogen) atoms. The zero-order chi connectivity index (χ0) is 14.4. The number of nitrogens with zero attached hydrogens (tertiary/aromatic N) is 1. The molecule has 1 unspecified atom stereocenters. The summed E-state index contributed by atoms with van der Waals surface area (Å²) in [6.45, 7) is -3.13. The Bertz CT molecular complexity index is 499. The molecule has 0 radical (unpaired) electrons. The van der Waals surface area contributed by atoms with Gasteiger partial charge >= 0.3 is 12.6 Å². The van der Waals surface area contributed by atoms with E-state index < -0.39 is 24.4 Å². The fourth-order valence-electron chi connectivity index (χ4n) is 1.49. The van der Waals surface area contributed by atoms with E-state index in [4.69, 9.17) is 10.4 Å². The number of aryl methyl sites for hydroxylation is 1. The van der Waals surface area contributed by atoms with Crippen LogP contribution < -0.4 is 4.74 Å². The second-order valence-electron chi connectivity index (χ2n) is 3.65. The maximum absolute atomic E-state index is 12.2. The summed E-state index contributed by atoms with van der Waals surface area (Å²) in [5, 5.41) is 26.5. The number of benzene rings is 1. The molecule has 7 heteroatoms. The van der Waals surface area contributed by atoms with Crippen LogP contribution in [0.15, 0.2) is 18.2 Å². The molecule has 0 aliphatic rings. The van der Waals surface area contributed by atoms with Crippen LogP contribution in [-0.2, 0) is 11.2 Å². The summed E-state index contributed by atoms with van der Waals surface area (Å²) in [6, 6.07) is 5.75. The first-order chi connectivity index (χ1) is 8.95. The summed E-state index contributed by atoms with van der Waals surface area (Å²) in [5.74, 6) is -1.97. The lowest BCUT2D eigenvalue weighted by atomic mass is 10.0. The van der Waals surface area contributed by atoms with Gasteiger partial charge in [-0.15, -0.1) is 0 Å². The number of halogens is 2. The number of aliphatic hydroxyl groups excluding tert-OH is 1. The number of hydrogen-bond acceptors (Lipinski definition) is 4. The number of rotatable bonds is 6. The van der Waals surface area contributed by atoms with Crippen LogP contribution >= 0.6 is 0 Å². The first-order valence-corrected chi connectivity index (χ1v) is 5.31. The molecule has 0 aliphatic carbocycles. The first-order valence-electron chi connectivity index (χ1n) is 5.31. The van der Waals surface area contributed by atoms with Crippen molar-refractivity contribution in [2.45, 2.75) is 25.6 Å². The van der Waals surface area contributed by atoms with Gasteiger partial charge in [-0.05, 0) is 18.1 Å². The third-order valence-corrected chi connectivity index (χ3v) is 2.35. The molecular weight excluding hydrogens is 260 g/mol. The molecule has 0 spiro atoms. The summed E-state index contributed by atoms with van der Waals surface area (Å²) >= 11 is 0. The van der Waals surface area contributed by atoms with E-state index in [0.29, 0.717) is 12.0 Å². The van der Waals surface area contributed by atoms with Crippen LogP contribution in [0.5, 0.6) is 5.75 Å². The number of carboxylic acid groups (broad SMARTS) is 1. The van der Waals surface area contributed by atoms with Gasteiger partial charge in [-0.25, -0.2) is 4.79 Å². The van der Waals surface area contributed by atoms with Gasteiger partial charge in [-0.1, -0.05) is 12.1 Å². The molecule has 2 N–H and O–H groups in total. The van der Waals surface area contributed by atoms with Crippen molar-refractivity contribution in [3.63, 3.8) is 0 Å². The number of nitriles is 1. The highest BCUT2D eigenvalue weighted by Gasteiger charge is 2.22. The van der Waals surface area contributed by atoms with Crippen molar-refractivity contribution in [1.82, 2.24) is 0 Å². The van der Waals surface area contributed by atoms with Crippen LogP contribution in [0.2, 0.25) is 0 Å². The number of hydrogen-bond donors (Lipinski definition) is 2. The van der Waals surface area contributed by atoms with E-state index in [-0.39, 0.29) is 12.0 Å². The van der Waals surface area contributed by atoms with Crippen LogP contribution in [-0.4, -0.2) is 22.8 Å². The maximum Gasteiger partial charge on any atom is 0.387 e. The van der Waals surface area contributed by atoms with Gasteiger partial charge in [-0.3, -0.25) is 0 Å². The third-order valence-electron chi connectivity index (χ3n) is 2.35. The topological polar surface area (TPSA) is 90.5 Å². The molecule has 0 aliphatic heterocycles. The molecule has 1 aromatic carbocycles. The fourth-order valence-corrected chi connectivity index (χ4v) is 1.49. The third kappa shape index (κ3) is 4.19. The van der Waals surface area contributed by atoms with E-state index in [1.807, 2.05) is 6.07 Å². The van der Waals surface area contributed by atoms with E-state index in [2.05, 4.69) is 4.74 Å². The van der Waals surface area contributed by atoms with Gasteiger partial charge in [0.15, 0.2) is 6.10 Å². The average molecular weight is 271 g/mol. The largest absolute Gasteiger partial charge is 0.479 e. The predicted molar refractivity (Wildman–Crippen MR) is 59.6 cm³/mol. The Morgan fingerprint density at radius 3 is 2.68 bits per heavy atom. The van der Waals surface area contributed by atoms with E-state index in [1.54, 1.807) is 0 Å². The van der Waals surface area contributed by atoms with Gasteiger partial charge < -0.3 is 14.9 Å². The summed E-state index contributed by atoms with van der Waals surface area (Å²) < 4.78 is 28.7. The lowest BCUT2D eigenvalue weighted by molar-refractivity contribution is -0.147. The summed E-state index contributed by atoms with van der Waals surface area (Å²) in [6.07, 6.45) is -1.44. The Morgan fingerprint density at radius 2 is 2.16 bits per heavy atom. The van der Waals surface area contributed by atoms with E-state index in [1.165, 1.54) is 18.2 Å². The minimum Gasteiger partial charge on any atom is -0.479 e. The number of aliphatic carboxylic acids is 1. The molecule has 0 saturated carbocycles. The number of ether oxygens (including phenoxy) is 1. The Labute approximate surface area is 107 Å². The minimum absolute atomic E-state index is 0.189. The number of alkyl halides is 2. The summed E-state index contributed by atoms with van der Waals surface area (Å²) in [4.78, 5) is 10.7. The zero-order valence-corrected chi connectivity index (χ0v) is 9.72. The molecular formula is C12H11F2NO4. The highest BCUT2D eigenvalue weighted by Crippen LogP contribution is 2.28. The van der Waals surface area contributed by atoms with Gasteiger partial charge in [-0.2, -0.15) is 14.0 Å². The van der Waals surface area contributed by atoms with Crippen molar-refractivity contribution < 1.29 is 28.5 Å². The highest BCUT2D eigenvalue weighted by molar-refractivity contribution is 5.75. The lowest BCUT2D eigenvalue weighted by Gasteiger charge is -2.14. The standard InChI is InChI=1S/C12H11F2NO4/c13-12(14)19-9-6-7(2-1-5-15)3-4-8(9)10(16)11(17)18/h3-4,6,10,12,16H,1-2H2,(H,17,18). The van der Waals surface area contributed by atoms with Crippen LogP contribution in [0.1, 0.15) is 23.7 Å². The maximum atomic E-state index is 12.2. The highest BCUT2D eigenvalue weighted by atomic mass is 19.3. The molecule has 1 atom stereocenters. The zero-order valence-electron chi connectivity index (χ0n) is 9.72.